The summed E-state index contributed by atoms with van der Waals surface area (Å²) >= 11 is 1.46. The van der Waals surface area contributed by atoms with Crippen LogP contribution in [0.4, 0.5) is 0 Å². The van der Waals surface area contributed by atoms with E-state index < -0.39 is 15.9 Å². The van der Waals surface area contributed by atoms with Gasteiger partial charge in [-0.1, -0.05) is 36.4 Å². The molecule has 0 atom stereocenters. The number of benzene rings is 1. The van der Waals surface area contributed by atoms with Crippen LogP contribution in [0.15, 0.2) is 52.3 Å². The fourth-order valence-electron chi connectivity index (χ4n) is 2.36. The molecule has 0 spiro atoms. The molecule has 2 aromatic heterocycles. The van der Waals surface area contributed by atoms with Crippen LogP contribution in [-0.4, -0.2) is 31.6 Å². The summed E-state index contributed by atoms with van der Waals surface area (Å²) in [4.78, 5) is 17.3. The number of aryl methyl sites for hydroxylation is 1. The van der Waals surface area contributed by atoms with E-state index in [1.54, 1.807) is 6.92 Å². The van der Waals surface area contributed by atoms with E-state index in [9.17, 15) is 13.2 Å². The molecule has 3 rings (SSSR count). The summed E-state index contributed by atoms with van der Waals surface area (Å²) in [6.07, 6.45) is 0. The maximum Gasteiger partial charge on any atom is 0.273 e. The maximum atomic E-state index is 12.3. The standard InChI is InChI=1S/C18H19N3O4S2/c1-13-16(21-18(25-13)15-8-5-10-26-15)17(22)19-9-11-27(23,24)20-12-14-6-3-2-4-7-14/h2-8,10,20H,9,11-12H2,1H3,(H,19,22). The molecule has 7 nitrogen and oxygen atoms in total. The summed E-state index contributed by atoms with van der Waals surface area (Å²) in [6.45, 7) is 1.84. The molecule has 0 aliphatic heterocycles. The zero-order chi connectivity index (χ0) is 19.3. The number of sulfonamides is 1. The van der Waals surface area contributed by atoms with Crippen molar-refractivity contribution in [2.75, 3.05) is 12.3 Å². The molecule has 0 radical (unpaired) electrons. The second-order valence-electron chi connectivity index (χ2n) is 5.78. The minimum absolute atomic E-state index is 0.0242. The topological polar surface area (TPSA) is 101 Å². The van der Waals surface area contributed by atoms with Crippen LogP contribution in [0.3, 0.4) is 0 Å². The Morgan fingerprint density at radius 1 is 1.19 bits per heavy atom. The number of carbonyl (C=O) groups is 1. The lowest BCUT2D eigenvalue weighted by Crippen LogP contribution is -2.34. The van der Waals surface area contributed by atoms with Gasteiger partial charge in [0.05, 0.1) is 10.6 Å². The second-order valence-corrected chi connectivity index (χ2v) is 8.66. The number of hydrogen-bond acceptors (Lipinski definition) is 6. The van der Waals surface area contributed by atoms with Crippen molar-refractivity contribution < 1.29 is 17.6 Å². The minimum Gasteiger partial charge on any atom is -0.440 e. The lowest BCUT2D eigenvalue weighted by atomic mass is 10.2. The van der Waals surface area contributed by atoms with E-state index in [0.29, 0.717) is 11.7 Å². The molecule has 0 bridgehead atoms. The second kappa shape index (κ2) is 8.47. The number of carbonyl (C=O) groups excluding carboxylic acids is 1. The van der Waals surface area contributed by atoms with Crippen molar-refractivity contribution in [3.63, 3.8) is 0 Å². The van der Waals surface area contributed by atoms with E-state index in [1.807, 2.05) is 47.8 Å². The third-order valence-electron chi connectivity index (χ3n) is 3.74. The van der Waals surface area contributed by atoms with Crippen LogP contribution in [0.2, 0.25) is 0 Å². The van der Waals surface area contributed by atoms with Crippen LogP contribution >= 0.6 is 11.3 Å². The molecule has 0 fully saturated rings. The number of thiophene rings is 1. The Morgan fingerprint density at radius 3 is 2.67 bits per heavy atom. The van der Waals surface area contributed by atoms with E-state index in [4.69, 9.17) is 4.42 Å². The Hall–Kier alpha value is -2.49. The molecule has 2 N–H and O–H groups in total. The third-order valence-corrected chi connectivity index (χ3v) is 5.92. The normalized spacial score (nSPS) is 11.4. The van der Waals surface area contributed by atoms with E-state index in [1.165, 1.54) is 11.3 Å². The molecule has 3 aromatic rings. The van der Waals surface area contributed by atoms with Gasteiger partial charge in [-0.15, -0.1) is 11.3 Å². The highest BCUT2D eigenvalue weighted by Crippen LogP contribution is 2.25. The predicted octanol–water partition coefficient (Wildman–Crippen LogP) is 2.56. The number of hydrogen-bond donors (Lipinski definition) is 2. The van der Waals surface area contributed by atoms with Gasteiger partial charge in [-0.05, 0) is 23.9 Å². The zero-order valence-corrected chi connectivity index (χ0v) is 16.3. The summed E-state index contributed by atoms with van der Waals surface area (Å²) in [7, 11) is -3.50. The van der Waals surface area contributed by atoms with Gasteiger partial charge in [0.15, 0.2) is 5.69 Å². The molecular weight excluding hydrogens is 386 g/mol. The average molecular weight is 406 g/mol. The van der Waals surface area contributed by atoms with Gasteiger partial charge >= 0.3 is 0 Å². The van der Waals surface area contributed by atoms with Crippen LogP contribution in [0, 0.1) is 6.92 Å². The van der Waals surface area contributed by atoms with Crippen molar-refractivity contribution >= 4 is 27.3 Å². The molecule has 0 aliphatic rings. The van der Waals surface area contributed by atoms with E-state index in [0.717, 1.165) is 10.4 Å². The van der Waals surface area contributed by atoms with Crippen LogP contribution in [0.5, 0.6) is 0 Å². The van der Waals surface area contributed by atoms with Gasteiger partial charge in [-0.25, -0.2) is 18.1 Å². The molecule has 0 saturated heterocycles. The number of rotatable bonds is 8. The maximum absolute atomic E-state index is 12.3. The van der Waals surface area contributed by atoms with Gasteiger partial charge in [0, 0.05) is 13.1 Å². The summed E-state index contributed by atoms with van der Waals surface area (Å²) in [5.41, 5.74) is 1.03. The number of nitrogens with zero attached hydrogens (tertiary/aromatic N) is 1. The fourth-order valence-corrected chi connectivity index (χ4v) is 3.91. The quantitative estimate of drug-likeness (QED) is 0.600. The van der Waals surface area contributed by atoms with Gasteiger partial charge in [-0.2, -0.15) is 0 Å². The molecule has 1 amide bonds. The first-order chi connectivity index (χ1) is 12.9. The van der Waals surface area contributed by atoms with E-state index in [2.05, 4.69) is 15.0 Å². The molecule has 2 heterocycles. The van der Waals surface area contributed by atoms with Crippen molar-refractivity contribution in [3.8, 4) is 10.8 Å². The molecule has 0 unspecified atom stereocenters. The lowest BCUT2D eigenvalue weighted by Gasteiger charge is -2.07. The Bertz CT molecular complexity index is 997. The summed E-state index contributed by atoms with van der Waals surface area (Å²) in [5.74, 6) is 0.0864. The Morgan fingerprint density at radius 2 is 1.96 bits per heavy atom. The monoisotopic (exact) mass is 405 g/mol. The smallest absolute Gasteiger partial charge is 0.273 e. The SMILES string of the molecule is Cc1oc(-c2cccs2)nc1C(=O)NCCS(=O)(=O)NCc1ccccc1. The van der Waals surface area contributed by atoms with Crippen molar-refractivity contribution in [2.45, 2.75) is 13.5 Å². The Balaban J connectivity index is 1.52. The van der Waals surface area contributed by atoms with E-state index in [-0.39, 0.29) is 24.5 Å². The molecule has 1 aromatic carbocycles. The van der Waals surface area contributed by atoms with Crippen LogP contribution in [0.25, 0.3) is 10.8 Å². The lowest BCUT2D eigenvalue weighted by molar-refractivity contribution is 0.0950. The van der Waals surface area contributed by atoms with Crippen molar-refractivity contribution in [1.29, 1.82) is 0 Å². The van der Waals surface area contributed by atoms with Crippen LogP contribution < -0.4 is 10.0 Å². The van der Waals surface area contributed by atoms with Gasteiger partial charge in [0.25, 0.3) is 5.91 Å². The van der Waals surface area contributed by atoms with Crippen molar-refractivity contribution in [1.82, 2.24) is 15.0 Å². The molecule has 9 heteroatoms. The largest absolute Gasteiger partial charge is 0.440 e. The highest BCUT2D eigenvalue weighted by atomic mass is 32.2. The zero-order valence-electron chi connectivity index (χ0n) is 14.6. The number of aromatic nitrogens is 1. The Labute approximate surface area is 161 Å². The highest BCUT2D eigenvalue weighted by molar-refractivity contribution is 7.89. The van der Waals surface area contributed by atoms with Crippen LogP contribution in [-0.2, 0) is 16.6 Å². The summed E-state index contributed by atoms with van der Waals surface area (Å²) in [5, 5.41) is 4.47. The molecule has 0 aliphatic carbocycles. The van der Waals surface area contributed by atoms with Gasteiger partial charge in [-0.3, -0.25) is 4.79 Å². The molecule has 27 heavy (non-hydrogen) atoms. The highest BCUT2D eigenvalue weighted by Gasteiger charge is 2.19. The van der Waals surface area contributed by atoms with E-state index >= 15 is 0 Å². The first-order valence-electron chi connectivity index (χ1n) is 8.25. The number of oxazole rings is 1. The predicted molar refractivity (Wildman–Crippen MR) is 104 cm³/mol. The fraction of sp³-hybridized carbons (Fsp3) is 0.222. The number of amides is 1. The molecular formula is C18H19N3O4S2. The average Bonchev–Trinajstić information content (AvgIpc) is 3.30. The van der Waals surface area contributed by atoms with Gasteiger partial charge in [0.2, 0.25) is 15.9 Å². The Kier molecular flexibility index (Phi) is 6.04. The van der Waals surface area contributed by atoms with Crippen molar-refractivity contribution in [2.24, 2.45) is 0 Å². The summed E-state index contributed by atoms with van der Waals surface area (Å²) in [6, 6.07) is 12.9. The van der Waals surface area contributed by atoms with Crippen LogP contribution in [0.1, 0.15) is 21.8 Å². The first-order valence-corrected chi connectivity index (χ1v) is 10.8. The first kappa shape index (κ1) is 19.3. The number of nitrogens with one attached hydrogen (secondary N) is 2. The minimum atomic E-state index is -3.50. The molecule has 142 valence electrons. The van der Waals surface area contributed by atoms with Gasteiger partial charge < -0.3 is 9.73 Å². The summed E-state index contributed by atoms with van der Waals surface area (Å²) < 4.78 is 32.1. The molecule has 0 saturated carbocycles. The van der Waals surface area contributed by atoms with Gasteiger partial charge in [0.1, 0.15) is 5.76 Å². The third kappa shape index (κ3) is 5.25. The van der Waals surface area contributed by atoms with Crippen molar-refractivity contribution in [3.05, 3.63) is 64.9 Å².